The van der Waals surface area contributed by atoms with Crippen LogP contribution in [0.15, 0.2) is 45.5 Å². The predicted molar refractivity (Wildman–Crippen MR) is 78.1 cm³/mol. The van der Waals surface area contributed by atoms with E-state index in [0.717, 1.165) is 4.90 Å². The fourth-order valence-electron chi connectivity index (χ4n) is 1.45. The molecule has 0 amide bonds. The highest BCUT2D eigenvalue weighted by atomic mass is 35.5. The molecule has 0 fully saturated rings. The second-order valence-electron chi connectivity index (χ2n) is 3.79. The summed E-state index contributed by atoms with van der Waals surface area (Å²) < 4.78 is 0. The van der Waals surface area contributed by atoms with Gasteiger partial charge in [-0.3, -0.25) is 0 Å². The van der Waals surface area contributed by atoms with Gasteiger partial charge < -0.3 is 9.90 Å². The van der Waals surface area contributed by atoms with E-state index in [0.29, 0.717) is 20.8 Å². The number of thioether (sulfide) groups is 1. The summed E-state index contributed by atoms with van der Waals surface area (Å²) in [6, 6.07) is 7.27. The maximum atomic E-state index is 10.8. The van der Waals surface area contributed by atoms with Crippen molar-refractivity contribution in [1.82, 2.24) is 9.97 Å². The van der Waals surface area contributed by atoms with Crippen LogP contribution in [0.5, 0.6) is 0 Å². The minimum Gasteiger partial charge on any atom is -0.550 e. The smallest absolute Gasteiger partial charge is 0.188 e. The van der Waals surface area contributed by atoms with E-state index in [1.807, 2.05) is 18.4 Å². The number of hydrogen-bond acceptors (Lipinski definition) is 6. The number of carboxylic acids is 1. The minimum atomic E-state index is -1.15. The number of halogens is 1. The number of aliphatic carboxylic acids is 1. The van der Waals surface area contributed by atoms with Crippen LogP contribution in [0.1, 0.15) is 5.56 Å². The number of benzene rings is 1. The summed E-state index contributed by atoms with van der Waals surface area (Å²) in [7, 11) is 0. The molecule has 0 aliphatic rings. The van der Waals surface area contributed by atoms with Crippen molar-refractivity contribution in [1.29, 1.82) is 0 Å². The number of hydrogen-bond donors (Lipinski definition) is 0. The van der Waals surface area contributed by atoms with Gasteiger partial charge in [0.05, 0.1) is 0 Å². The second kappa shape index (κ2) is 6.97. The third-order valence-corrected chi connectivity index (χ3v) is 4.22. The lowest BCUT2D eigenvalue weighted by Crippen LogP contribution is -2.24. The Kier molecular flexibility index (Phi) is 5.28. The van der Waals surface area contributed by atoms with Crippen LogP contribution >= 0.6 is 35.1 Å². The summed E-state index contributed by atoms with van der Waals surface area (Å²) in [5.41, 5.74) is 0.544. The van der Waals surface area contributed by atoms with Crippen molar-refractivity contribution in [2.45, 2.75) is 21.5 Å². The first-order valence-electron chi connectivity index (χ1n) is 5.61. The van der Waals surface area contributed by atoms with E-state index in [1.165, 1.54) is 29.7 Å². The van der Waals surface area contributed by atoms with Crippen LogP contribution in [0, 0.1) is 0 Å². The fourth-order valence-corrected chi connectivity index (χ4v) is 2.86. The van der Waals surface area contributed by atoms with Gasteiger partial charge in [-0.1, -0.05) is 35.1 Å². The Morgan fingerprint density at radius 3 is 2.65 bits per heavy atom. The Hall–Kier alpha value is -1.24. The highest BCUT2D eigenvalue weighted by Gasteiger charge is 2.09. The Bertz CT molecular complexity index is 620. The van der Waals surface area contributed by atoms with Crippen molar-refractivity contribution in [3.05, 3.63) is 41.0 Å². The molecule has 2 aromatic rings. The number of carbonyl (C=O) groups is 1. The van der Waals surface area contributed by atoms with Gasteiger partial charge in [-0.05, 0) is 30.5 Å². The average Bonchev–Trinajstić information content (AvgIpc) is 2.42. The molecule has 104 valence electrons. The molecule has 0 radical (unpaired) electrons. The van der Waals surface area contributed by atoms with E-state index in [1.54, 1.807) is 12.1 Å². The zero-order valence-electron chi connectivity index (χ0n) is 10.5. The summed E-state index contributed by atoms with van der Waals surface area (Å²) in [4.78, 5) is 20.1. The Balaban J connectivity index is 2.31. The molecule has 0 saturated heterocycles. The van der Waals surface area contributed by atoms with Crippen LogP contribution < -0.4 is 5.11 Å². The van der Waals surface area contributed by atoms with Gasteiger partial charge in [0.1, 0.15) is 5.03 Å². The van der Waals surface area contributed by atoms with Crippen LogP contribution in [-0.4, -0.2) is 22.2 Å². The van der Waals surface area contributed by atoms with Gasteiger partial charge in [-0.2, -0.15) is 0 Å². The first kappa shape index (κ1) is 15.2. The SMILES string of the molecule is CSc1ncc(CC(=O)[O-])c(Sc2ccc(Cl)cc2)n1. The predicted octanol–water partition coefficient (Wildman–Crippen LogP) is 2.30. The summed E-state index contributed by atoms with van der Waals surface area (Å²) >= 11 is 8.62. The van der Waals surface area contributed by atoms with Crippen molar-refractivity contribution in [3.8, 4) is 0 Å². The highest BCUT2D eigenvalue weighted by Crippen LogP contribution is 2.30. The van der Waals surface area contributed by atoms with E-state index in [-0.39, 0.29) is 6.42 Å². The molecule has 0 spiro atoms. The summed E-state index contributed by atoms with van der Waals surface area (Å²) in [6.45, 7) is 0. The Morgan fingerprint density at radius 2 is 2.05 bits per heavy atom. The molecule has 1 heterocycles. The molecule has 1 aromatic heterocycles. The Labute approximate surface area is 130 Å². The maximum absolute atomic E-state index is 10.8. The summed E-state index contributed by atoms with van der Waals surface area (Å²) in [5.74, 6) is -1.15. The van der Waals surface area contributed by atoms with Crippen LogP contribution in [0.3, 0.4) is 0 Å². The Morgan fingerprint density at radius 1 is 1.35 bits per heavy atom. The third-order valence-electron chi connectivity index (χ3n) is 2.35. The van der Waals surface area contributed by atoms with Gasteiger partial charge in [-0.15, -0.1) is 0 Å². The quantitative estimate of drug-likeness (QED) is 0.477. The molecular formula is C13H10ClN2O2S2-. The fraction of sp³-hybridized carbons (Fsp3) is 0.154. The van der Waals surface area contributed by atoms with Gasteiger partial charge in [-0.25, -0.2) is 9.97 Å². The van der Waals surface area contributed by atoms with Crippen LogP contribution in [0.25, 0.3) is 0 Å². The normalized spacial score (nSPS) is 10.5. The number of carboxylic acid groups (broad SMARTS) is 1. The molecule has 20 heavy (non-hydrogen) atoms. The largest absolute Gasteiger partial charge is 0.550 e. The molecule has 1 aromatic carbocycles. The van der Waals surface area contributed by atoms with Gasteiger partial charge in [0.25, 0.3) is 0 Å². The maximum Gasteiger partial charge on any atom is 0.188 e. The van der Waals surface area contributed by atoms with Crippen LogP contribution in [0.2, 0.25) is 5.02 Å². The minimum absolute atomic E-state index is 0.204. The molecule has 0 saturated carbocycles. The van der Waals surface area contributed by atoms with E-state index in [9.17, 15) is 9.90 Å². The van der Waals surface area contributed by atoms with E-state index >= 15 is 0 Å². The van der Waals surface area contributed by atoms with Crippen LogP contribution in [-0.2, 0) is 11.2 Å². The highest BCUT2D eigenvalue weighted by molar-refractivity contribution is 7.99. The molecule has 0 atom stereocenters. The van der Waals surface area contributed by atoms with Gasteiger partial charge in [0.2, 0.25) is 0 Å². The lowest BCUT2D eigenvalue weighted by Gasteiger charge is -2.09. The number of carbonyl (C=O) groups excluding carboxylic acids is 1. The lowest BCUT2D eigenvalue weighted by molar-refractivity contribution is -0.304. The standard InChI is InChI=1S/C13H11ClN2O2S2/c1-19-13-15-7-8(6-11(17)18)12(16-13)20-10-4-2-9(14)3-5-10/h2-5,7H,6H2,1H3,(H,17,18)/p-1. The van der Waals surface area contributed by atoms with Crippen molar-refractivity contribution in [2.24, 2.45) is 0 Å². The first-order chi connectivity index (χ1) is 9.58. The second-order valence-corrected chi connectivity index (χ2v) is 6.06. The van der Waals surface area contributed by atoms with Gasteiger partial charge >= 0.3 is 0 Å². The zero-order chi connectivity index (χ0) is 14.5. The zero-order valence-corrected chi connectivity index (χ0v) is 12.9. The molecule has 0 N–H and O–H groups in total. The van der Waals surface area contributed by atoms with E-state index in [2.05, 4.69) is 9.97 Å². The van der Waals surface area contributed by atoms with Gasteiger partial charge in [0.15, 0.2) is 5.16 Å². The molecule has 2 rings (SSSR count). The molecule has 0 bridgehead atoms. The molecule has 0 aliphatic heterocycles. The van der Waals surface area contributed by atoms with Crippen molar-refractivity contribution in [2.75, 3.05) is 6.26 Å². The monoisotopic (exact) mass is 325 g/mol. The lowest BCUT2D eigenvalue weighted by atomic mass is 10.2. The molecular weight excluding hydrogens is 316 g/mol. The van der Waals surface area contributed by atoms with Crippen molar-refractivity contribution < 1.29 is 9.90 Å². The first-order valence-corrected chi connectivity index (χ1v) is 8.03. The molecule has 0 unspecified atom stereocenters. The van der Waals surface area contributed by atoms with Crippen molar-refractivity contribution >= 4 is 41.1 Å². The number of rotatable bonds is 5. The van der Waals surface area contributed by atoms with E-state index in [4.69, 9.17) is 11.6 Å². The molecule has 7 heteroatoms. The van der Waals surface area contributed by atoms with E-state index < -0.39 is 5.97 Å². The summed E-state index contributed by atoms with van der Waals surface area (Å²) in [6.07, 6.45) is 3.20. The van der Waals surface area contributed by atoms with Crippen LogP contribution in [0.4, 0.5) is 0 Å². The topological polar surface area (TPSA) is 65.9 Å². The molecule has 4 nitrogen and oxygen atoms in total. The summed E-state index contributed by atoms with van der Waals surface area (Å²) in [5, 5.41) is 12.6. The number of aromatic nitrogens is 2. The van der Waals surface area contributed by atoms with Gasteiger partial charge in [0, 0.05) is 34.1 Å². The molecule has 0 aliphatic carbocycles. The number of nitrogens with zero attached hydrogens (tertiary/aromatic N) is 2. The third kappa shape index (κ3) is 4.13. The average molecular weight is 326 g/mol. The van der Waals surface area contributed by atoms with Crippen molar-refractivity contribution in [3.63, 3.8) is 0 Å².